The molecule has 4 nitrogen and oxygen atoms in total. The number of aromatic nitrogens is 4. The van der Waals surface area contributed by atoms with E-state index in [4.69, 9.17) is 9.97 Å². The molecule has 3 heterocycles. The molecule has 3 aromatic heterocycles. The second kappa shape index (κ2) is 12.9. The van der Waals surface area contributed by atoms with E-state index >= 15 is 0 Å². The quantitative estimate of drug-likeness (QED) is 0.165. The summed E-state index contributed by atoms with van der Waals surface area (Å²) in [4.78, 5) is 10.2. The SMILES string of the molecule is c1ccc(-c2cc(-c3cccc(-n4c5ccccc5c5c6c(ccc54)c4ccccc4c4c6c5ccccc5n4-c4ccccc4)c3)nc(-c3ccccc3)n2)cc1. The predicted octanol–water partition coefficient (Wildman–Crippen LogP) is 14.0. The fourth-order valence-electron chi connectivity index (χ4n) is 9.21. The first-order chi connectivity index (χ1) is 28.8. The summed E-state index contributed by atoms with van der Waals surface area (Å²) in [7, 11) is 0. The molecule has 0 saturated carbocycles. The van der Waals surface area contributed by atoms with E-state index < -0.39 is 0 Å². The van der Waals surface area contributed by atoms with Crippen LogP contribution in [0.4, 0.5) is 0 Å². The third kappa shape index (κ3) is 4.88. The van der Waals surface area contributed by atoms with Gasteiger partial charge in [0.1, 0.15) is 0 Å². The number of para-hydroxylation sites is 3. The molecule has 0 spiro atoms. The van der Waals surface area contributed by atoms with Crippen molar-refractivity contribution in [2.45, 2.75) is 0 Å². The number of nitrogens with zero attached hydrogens (tertiary/aromatic N) is 4. The Hall–Kier alpha value is -7.82. The zero-order valence-electron chi connectivity index (χ0n) is 31.4. The van der Waals surface area contributed by atoms with Crippen LogP contribution in [0.5, 0.6) is 0 Å². The molecule has 0 aliphatic rings. The van der Waals surface area contributed by atoms with Gasteiger partial charge >= 0.3 is 0 Å². The van der Waals surface area contributed by atoms with Gasteiger partial charge < -0.3 is 9.13 Å². The standard InChI is InChI=1S/C54H34N4/c1-4-17-35(18-5-1)45-34-46(56-54(55-45)36-19-6-2-7-20-36)37-21-16-24-39(33-37)57-47-29-14-12-27-43(47)50-49(57)32-31-41-40-25-10-11-26-42(40)53-52(51(41)50)44-28-13-15-30-48(44)58(53)38-22-8-3-9-23-38/h1-34H. The van der Waals surface area contributed by atoms with Gasteiger partial charge in [-0.05, 0) is 59.3 Å². The van der Waals surface area contributed by atoms with Gasteiger partial charge in [0.25, 0.3) is 0 Å². The van der Waals surface area contributed by atoms with Crippen LogP contribution in [0.3, 0.4) is 0 Å². The number of benzene rings is 9. The van der Waals surface area contributed by atoms with E-state index in [1.54, 1.807) is 0 Å². The van der Waals surface area contributed by atoms with Crippen molar-refractivity contribution in [3.8, 4) is 45.3 Å². The molecule has 0 atom stereocenters. The maximum atomic E-state index is 5.18. The first-order valence-corrected chi connectivity index (χ1v) is 19.8. The molecule has 0 bridgehead atoms. The normalized spacial score (nSPS) is 11.8. The first kappa shape index (κ1) is 32.4. The Morgan fingerprint density at radius 3 is 1.55 bits per heavy atom. The molecule has 0 N–H and O–H groups in total. The summed E-state index contributed by atoms with van der Waals surface area (Å²) in [6, 6.07) is 73.6. The van der Waals surface area contributed by atoms with Crippen molar-refractivity contribution in [3.05, 3.63) is 206 Å². The lowest BCUT2D eigenvalue weighted by Crippen LogP contribution is -1.98. The second-order valence-corrected chi connectivity index (χ2v) is 14.9. The van der Waals surface area contributed by atoms with Crippen LogP contribution in [0.1, 0.15) is 0 Å². The average molecular weight is 739 g/mol. The maximum absolute atomic E-state index is 5.18. The first-order valence-electron chi connectivity index (χ1n) is 19.8. The summed E-state index contributed by atoms with van der Waals surface area (Å²) in [6.07, 6.45) is 0. The van der Waals surface area contributed by atoms with E-state index in [0.717, 1.165) is 50.5 Å². The lowest BCUT2D eigenvalue weighted by atomic mass is 9.93. The van der Waals surface area contributed by atoms with Gasteiger partial charge in [-0.25, -0.2) is 9.97 Å². The topological polar surface area (TPSA) is 35.6 Å². The largest absolute Gasteiger partial charge is 0.309 e. The predicted molar refractivity (Wildman–Crippen MR) is 242 cm³/mol. The maximum Gasteiger partial charge on any atom is 0.160 e. The van der Waals surface area contributed by atoms with Crippen molar-refractivity contribution in [1.82, 2.24) is 19.1 Å². The fraction of sp³-hybridized carbons (Fsp3) is 0. The van der Waals surface area contributed by atoms with Crippen molar-refractivity contribution in [2.24, 2.45) is 0 Å². The highest BCUT2D eigenvalue weighted by atomic mass is 15.0. The van der Waals surface area contributed by atoms with E-state index in [1.165, 1.54) is 54.1 Å². The molecule has 12 aromatic rings. The zero-order valence-corrected chi connectivity index (χ0v) is 31.4. The minimum atomic E-state index is 0.705. The van der Waals surface area contributed by atoms with Gasteiger partial charge in [-0.2, -0.15) is 0 Å². The molecular formula is C54H34N4. The Bertz CT molecular complexity index is 3490. The summed E-state index contributed by atoms with van der Waals surface area (Å²) < 4.78 is 4.89. The van der Waals surface area contributed by atoms with E-state index in [0.29, 0.717) is 5.82 Å². The van der Waals surface area contributed by atoms with Gasteiger partial charge in [0.05, 0.1) is 33.5 Å². The highest BCUT2D eigenvalue weighted by Crippen LogP contribution is 2.47. The smallest absolute Gasteiger partial charge is 0.160 e. The van der Waals surface area contributed by atoms with Crippen molar-refractivity contribution in [1.29, 1.82) is 0 Å². The van der Waals surface area contributed by atoms with Gasteiger partial charge in [0, 0.05) is 60.4 Å². The lowest BCUT2D eigenvalue weighted by Gasteiger charge is -2.14. The number of hydrogen-bond donors (Lipinski definition) is 0. The van der Waals surface area contributed by atoms with Crippen LogP contribution in [-0.2, 0) is 0 Å². The van der Waals surface area contributed by atoms with E-state index in [1.807, 2.05) is 24.3 Å². The summed E-state index contributed by atoms with van der Waals surface area (Å²) in [5, 5.41) is 10.0. The van der Waals surface area contributed by atoms with Gasteiger partial charge in [0.2, 0.25) is 0 Å². The fourth-order valence-corrected chi connectivity index (χ4v) is 9.21. The average Bonchev–Trinajstić information content (AvgIpc) is 3.84. The van der Waals surface area contributed by atoms with Crippen LogP contribution >= 0.6 is 0 Å². The third-order valence-electron chi connectivity index (χ3n) is 11.7. The van der Waals surface area contributed by atoms with Crippen LogP contribution in [0, 0.1) is 0 Å². The Morgan fingerprint density at radius 2 is 0.828 bits per heavy atom. The molecule has 0 saturated heterocycles. The van der Waals surface area contributed by atoms with Gasteiger partial charge in [-0.15, -0.1) is 0 Å². The Labute approximate surface area is 334 Å². The lowest BCUT2D eigenvalue weighted by molar-refractivity contribution is 1.16. The van der Waals surface area contributed by atoms with Crippen LogP contribution < -0.4 is 0 Å². The van der Waals surface area contributed by atoms with Crippen LogP contribution in [0.15, 0.2) is 206 Å². The van der Waals surface area contributed by atoms with E-state index in [9.17, 15) is 0 Å². The van der Waals surface area contributed by atoms with Gasteiger partial charge in [-0.3, -0.25) is 0 Å². The molecule has 0 aliphatic heterocycles. The zero-order chi connectivity index (χ0) is 38.2. The van der Waals surface area contributed by atoms with E-state index in [2.05, 4.69) is 191 Å². The van der Waals surface area contributed by atoms with Crippen LogP contribution in [0.25, 0.3) is 110 Å². The number of hydrogen-bond acceptors (Lipinski definition) is 2. The van der Waals surface area contributed by atoms with Crippen molar-refractivity contribution in [3.63, 3.8) is 0 Å². The summed E-state index contributed by atoms with van der Waals surface area (Å²) >= 11 is 0. The van der Waals surface area contributed by atoms with Gasteiger partial charge in [-0.1, -0.05) is 158 Å². The minimum absolute atomic E-state index is 0.705. The minimum Gasteiger partial charge on any atom is -0.309 e. The molecule has 0 amide bonds. The van der Waals surface area contributed by atoms with Crippen molar-refractivity contribution in [2.75, 3.05) is 0 Å². The molecule has 0 fully saturated rings. The van der Waals surface area contributed by atoms with Gasteiger partial charge in [0.15, 0.2) is 5.82 Å². The molecule has 4 heteroatoms. The monoisotopic (exact) mass is 738 g/mol. The van der Waals surface area contributed by atoms with Crippen LogP contribution in [-0.4, -0.2) is 19.1 Å². The van der Waals surface area contributed by atoms with Crippen molar-refractivity contribution < 1.29 is 0 Å². The number of fused-ring (bicyclic) bond motifs is 12. The number of rotatable bonds is 5. The second-order valence-electron chi connectivity index (χ2n) is 14.9. The summed E-state index contributed by atoms with van der Waals surface area (Å²) in [5.41, 5.74) is 11.8. The molecule has 0 radical (unpaired) electrons. The van der Waals surface area contributed by atoms with E-state index in [-0.39, 0.29) is 0 Å². The molecular weight excluding hydrogens is 705 g/mol. The highest BCUT2D eigenvalue weighted by molar-refractivity contribution is 6.39. The summed E-state index contributed by atoms with van der Waals surface area (Å²) in [6.45, 7) is 0. The molecule has 270 valence electrons. The Morgan fingerprint density at radius 1 is 0.293 bits per heavy atom. The molecule has 0 aliphatic carbocycles. The Balaban J connectivity index is 1.16. The Kier molecular flexibility index (Phi) is 7.20. The molecule has 0 unspecified atom stereocenters. The summed E-state index contributed by atoms with van der Waals surface area (Å²) in [5.74, 6) is 0.705. The highest BCUT2D eigenvalue weighted by Gasteiger charge is 2.23. The third-order valence-corrected chi connectivity index (χ3v) is 11.7. The molecule has 58 heavy (non-hydrogen) atoms. The van der Waals surface area contributed by atoms with Crippen molar-refractivity contribution >= 4 is 65.2 Å². The van der Waals surface area contributed by atoms with Crippen LogP contribution in [0.2, 0.25) is 0 Å². The molecule has 9 aromatic carbocycles. The molecule has 12 rings (SSSR count).